The van der Waals surface area contributed by atoms with Gasteiger partial charge >= 0.3 is 5.97 Å². The summed E-state index contributed by atoms with van der Waals surface area (Å²) in [5.74, 6) is -1.53. The fraction of sp³-hybridized carbons (Fsp3) is 0.105. The number of hydrogen-bond acceptors (Lipinski definition) is 4. The first-order chi connectivity index (χ1) is 12.4. The lowest BCUT2D eigenvalue weighted by Crippen LogP contribution is -2.00. The number of benzene rings is 1. The molecule has 130 valence electrons. The highest BCUT2D eigenvalue weighted by Gasteiger charge is 2.12. The topological polar surface area (TPSA) is 67.5 Å². The second-order valence-electron chi connectivity index (χ2n) is 5.97. The number of fused-ring (bicyclic) bond motifs is 2. The maximum absolute atomic E-state index is 13.5. The van der Waals surface area contributed by atoms with Crippen molar-refractivity contribution in [3.63, 3.8) is 0 Å². The van der Waals surface area contributed by atoms with Crippen LogP contribution in [0.1, 0.15) is 32.3 Å². The molecule has 0 aliphatic rings. The normalized spacial score (nSPS) is 11.8. The molecule has 3 aromatic heterocycles. The fourth-order valence-corrected chi connectivity index (χ4v) is 3.81. The Hall–Kier alpha value is -3.06. The Morgan fingerprint density at radius 3 is 2.81 bits per heavy atom. The number of pyridine rings is 1. The SMILES string of the molecule is Cc1cn2c(/C=C/c3cc(C(=O)O)c4ccc(F)cc4n3)c(C)nc2s1. The molecule has 0 saturated carbocycles. The van der Waals surface area contributed by atoms with Crippen molar-refractivity contribution in [3.8, 4) is 0 Å². The summed E-state index contributed by atoms with van der Waals surface area (Å²) in [6.07, 6.45) is 5.58. The van der Waals surface area contributed by atoms with Crippen LogP contribution in [0.4, 0.5) is 4.39 Å². The van der Waals surface area contributed by atoms with Gasteiger partial charge in [-0.15, -0.1) is 11.3 Å². The summed E-state index contributed by atoms with van der Waals surface area (Å²) < 4.78 is 15.5. The number of aromatic nitrogens is 3. The number of carboxylic acids is 1. The Bertz CT molecular complexity index is 1210. The van der Waals surface area contributed by atoms with E-state index in [1.807, 2.05) is 30.5 Å². The molecule has 0 amide bonds. The molecule has 5 nitrogen and oxygen atoms in total. The molecule has 4 aromatic rings. The van der Waals surface area contributed by atoms with Gasteiger partial charge in [-0.3, -0.25) is 4.40 Å². The number of carboxylic acid groups (broad SMARTS) is 1. The van der Waals surface area contributed by atoms with Crippen molar-refractivity contribution in [1.82, 2.24) is 14.4 Å². The van der Waals surface area contributed by atoms with Gasteiger partial charge < -0.3 is 5.11 Å². The smallest absolute Gasteiger partial charge is 0.336 e. The summed E-state index contributed by atoms with van der Waals surface area (Å²) in [5, 5.41) is 9.87. The molecule has 7 heteroatoms. The number of aromatic carboxylic acids is 1. The van der Waals surface area contributed by atoms with Crippen molar-refractivity contribution in [1.29, 1.82) is 0 Å². The van der Waals surface area contributed by atoms with Crippen LogP contribution in [0.5, 0.6) is 0 Å². The Morgan fingerprint density at radius 1 is 1.23 bits per heavy atom. The minimum atomic E-state index is -1.07. The van der Waals surface area contributed by atoms with Crippen molar-refractivity contribution < 1.29 is 14.3 Å². The molecule has 3 heterocycles. The summed E-state index contributed by atoms with van der Waals surface area (Å²) in [4.78, 5) is 22.5. The first kappa shape index (κ1) is 16.4. The largest absolute Gasteiger partial charge is 0.478 e. The second kappa shape index (κ2) is 6.03. The van der Waals surface area contributed by atoms with Gasteiger partial charge in [-0.05, 0) is 44.2 Å². The zero-order valence-electron chi connectivity index (χ0n) is 14.0. The summed E-state index contributed by atoms with van der Waals surface area (Å²) in [7, 11) is 0. The van der Waals surface area contributed by atoms with Crippen LogP contribution in [0.2, 0.25) is 0 Å². The standard InChI is InChI=1S/C19H14FN3O2S/c1-10-9-23-17(11(2)21-19(23)26-10)6-4-13-8-15(18(24)25)14-5-3-12(20)7-16(14)22-13/h3-9H,1-2H3,(H,24,25)/b6-4+. The van der Waals surface area contributed by atoms with E-state index in [4.69, 9.17) is 0 Å². The molecule has 4 rings (SSSR count). The number of aryl methyl sites for hydroxylation is 2. The molecule has 0 aliphatic heterocycles. The lowest BCUT2D eigenvalue weighted by atomic mass is 10.1. The number of thiazole rings is 1. The van der Waals surface area contributed by atoms with E-state index >= 15 is 0 Å². The van der Waals surface area contributed by atoms with Crippen molar-refractivity contribution in [3.05, 3.63) is 63.8 Å². The van der Waals surface area contributed by atoms with Crippen LogP contribution in [-0.2, 0) is 0 Å². The van der Waals surface area contributed by atoms with Crippen molar-refractivity contribution in [2.24, 2.45) is 0 Å². The van der Waals surface area contributed by atoms with Crippen LogP contribution in [0.15, 0.2) is 30.5 Å². The minimum absolute atomic E-state index is 0.0937. The molecule has 0 spiro atoms. The van der Waals surface area contributed by atoms with Crippen molar-refractivity contribution in [2.75, 3.05) is 0 Å². The average Bonchev–Trinajstić information content (AvgIpc) is 3.06. The number of rotatable bonds is 3. The van der Waals surface area contributed by atoms with Gasteiger partial charge in [-0.25, -0.2) is 19.2 Å². The van der Waals surface area contributed by atoms with E-state index in [2.05, 4.69) is 9.97 Å². The third kappa shape index (κ3) is 2.76. The molecule has 0 saturated heterocycles. The Morgan fingerprint density at radius 2 is 2.04 bits per heavy atom. The summed E-state index contributed by atoms with van der Waals surface area (Å²) >= 11 is 1.60. The molecule has 1 aromatic carbocycles. The predicted molar refractivity (Wildman–Crippen MR) is 100 cm³/mol. The number of hydrogen-bond donors (Lipinski definition) is 1. The number of carbonyl (C=O) groups is 1. The molecule has 0 atom stereocenters. The monoisotopic (exact) mass is 367 g/mol. The zero-order chi connectivity index (χ0) is 18.4. The van der Waals surface area contributed by atoms with E-state index in [1.165, 1.54) is 24.3 Å². The third-order valence-electron chi connectivity index (χ3n) is 4.10. The van der Waals surface area contributed by atoms with Crippen LogP contribution < -0.4 is 0 Å². The first-order valence-electron chi connectivity index (χ1n) is 7.89. The molecular weight excluding hydrogens is 353 g/mol. The predicted octanol–water partition coefficient (Wildman–Crippen LogP) is 4.57. The summed E-state index contributed by atoms with van der Waals surface area (Å²) in [5.41, 5.74) is 2.63. The molecule has 1 N–H and O–H groups in total. The molecule has 26 heavy (non-hydrogen) atoms. The molecule has 0 radical (unpaired) electrons. The Kier molecular flexibility index (Phi) is 3.81. The van der Waals surface area contributed by atoms with Gasteiger partial charge in [0.25, 0.3) is 0 Å². The van der Waals surface area contributed by atoms with Gasteiger partial charge in [0.2, 0.25) is 0 Å². The maximum atomic E-state index is 13.5. The van der Waals surface area contributed by atoms with Gasteiger partial charge in [0, 0.05) is 22.5 Å². The van der Waals surface area contributed by atoms with E-state index in [-0.39, 0.29) is 5.56 Å². The summed E-state index contributed by atoms with van der Waals surface area (Å²) in [6, 6.07) is 5.40. The van der Waals surface area contributed by atoms with Crippen LogP contribution in [0.3, 0.4) is 0 Å². The lowest BCUT2D eigenvalue weighted by molar-refractivity contribution is 0.0699. The molecule has 0 aliphatic carbocycles. The van der Waals surface area contributed by atoms with Crippen molar-refractivity contribution in [2.45, 2.75) is 13.8 Å². The number of halogens is 1. The van der Waals surface area contributed by atoms with Gasteiger partial charge in [0.1, 0.15) is 5.82 Å². The Labute approximate surface area is 152 Å². The van der Waals surface area contributed by atoms with Gasteiger partial charge in [0.15, 0.2) is 4.96 Å². The van der Waals surface area contributed by atoms with E-state index in [0.29, 0.717) is 16.6 Å². The first-order valence-corrected chi connectivity index (χ1v) is 8.71. The fourth-order valence-electron chi connectivity index (χ4n) is 2.93. The summed E-state index contributed by atoms with van der Waals surface area (Å²) in [6.45, 7) is 3.93. The molecule has 0 bridgehead atoms. The molecule has 0 fully saturated rings. The van der Waals surface area contributed by atoms with Gasteiger partial charge in [-0.2, -0.15) is 0 Å². The molecular formula is C19H14FN3O2S. The van der Waals surface area contributed by atoms with E-state index in [0.717, 1.165) is 21.2 Å². The van der Waals surface area contributed by atoms with E-state index in [1.54, 1.807) is 17.4 Å². The zero-order valence-corrected chi connectivity index (χ0v) is 14.8. The Balaban J connectivity index is 1.84. The minimum Gasteiger partial charge on any atom is -0.478 e. The number of nitrogens with zero attached hydrogens (tertiary/aromatic N) is 3. The van der Waals surface area contributed by atoms with Crippen LogP contribution in [0.25, 0.3) is 28.0 Å². The van der Waals surface area contributed by atoms with E-state index in [9.17, 15) is 14.3 Å². The highest BCUT2D eigenvalue weighted by molar-refractivity contribution is 7.17. The van der Waals surface area contributed by atoms with Gasteiger partial charge in [-0.1, -0.05) is 0 Å². The van der Waals surface area contributed by atoms with Crippen LogP contribution >= 0.6 is 11.3 Å². The third-order valence-corrected chi connectivity index (χ3v) is 4.99. The number of imidazole rings is 1. The van der Waals surface area contributed by atoms with Gasteiger partial charge in [0.05, 0.1) is 28.2 Å². The van der Waals surface area contributed by atoms with E-state index < -0.39 is 11.8 Å². The van der Waals surface area contributed by atoms with Crippen LogP contribution in [-0.4, -0.2) is 25.4 Å². The highest BCUT2D eigenvalue weighted by atomic mass is 32.1. The van der Waals surface area contributed by atoms with Crippen molar-refractivity contribution >= 4 is 45.3 Å². The maximum Gasteiger partial charge on any atom is 0.336 e. The quantitative estimate of drug-likeness (QED) is 0.576. The van der Waals surface area contributed by atoms with Crippen LogP contribution in [0, 0.1) is 19.7 Å². The highest BCUT2D eigenvalue weighted by Crippen LogP contribution is 2.24. The molecule has 0 unspecified atom stereocenters. The lowest BCUT2D eigenvalue weighted by Gasteiger charge is -2.04. The second-order valence-corrected chi connectivity index (χ2v) is 7.18. The average molecular weight is 367 g/mol.